The Kier molecular flexibility index (Phi) is 20.8. The van der Waals surface area contributed by atoms with Crippen LogP contribution in [0.15, 0.2) is 0 Å². The number of hydrogen-bond donors (Lipinski definition) is 1. The van der Waals surface area contributed by atoms with Crippen molar-refractivity contribution in [3.05, 3.63) is 0 Å². The molecule has 0 aromatic carbocycles. The van der Waals surface area contributed by atoms with E-state index >= 15 is 0 Å². The zero-order valence-electron chi connectivity index (χ0n) is 10.1. The van der Waals surface area contributed by atoms with Gasteiger partial charge in [-0.05, 0) is 6.42 Å². The van der Waals surface area contributed by atoms with Crippen LogP contribution in [0.3, 0.4) is 0 Å². The molecule has 0 bridgehead atoms. The molecule has 1 N–H and O–H groups in total. The third-order valence-corrected chi connectivity index (χ3v) is 2.38. The molecular formula is C12H26BiO2. The molecule has 0 amide bonds. The Balaban J connectivity index is 0. The monoisotopic (exact) mass is 411 g/mol. The molecule has 0 saturated carbocycles. The molecule has 0 spiro atoms. The second kappa shape index (κ2) is 17.2. The van der Waals surface area contributed by atoms with E-state index in [1.54, 1.807) is 0 Å². The van der Waals surface area contributed by atoms with Gasteiger partial charge in [-0.3, -0.25) is 0 Å². The Bertz CT molecular complexity index is 87.6. The van der Waals surface area contributed by atoms with Gasteiger partial charge in [0.15, 0.2) is 0 Å². The van der Waals surface area contributed by atoms with E-state index in [1.807, 2.05) is 0 Å². The molecule has 2 nitrogen and oxygen atoms in total. The first-order valence-corrected chi connectivity index (χ1v) is 6.10. The van der Waals surface area contributed by atoms with Crippen molar-refractivity contribution in [1.29, 1.82) is 0 Å². The Hall–Kier alpha value is 0.803. The molecule has 0 aliphatic carbocycles. The van der Waals surface area contributed by atoms with Crippen LogP contribution < -0.4 is 0 Å². The van der Waals surface area contributed by atoms with Gasteiger partial charge in [0.1, 0.15) is 0 Å². The molecule has 0 aromatic rings. The van der Waals surface area contributed by atoms with Crippen LogP contribution in [0.4, 0.5) is 0 Å². The molecule has 0 heterocycles. The first kappa shape index (κ1) is 18.2. The van der Waals surface area contributed by atoms with Crippen LogP contribution in [-0.2, 0) is 4.74 Å². The number of hydrogen-bond acceptors (Lipinski definition) is 2. The maximum atomic E-state index is 8.46. The zero-order chi connectivity index (χ0) is 10.5. The fraction of sp³-hybridized carbons (Fsp3) is 1.00. The summed E-state index contributed by atoms with van der Waals surface area (Å²) in [6.07, 6.45) is 10.6. The molecule has 0 aliphatic heterocycles. The molecule has 0 atom stereocenters. The average molecular weight is 411 g/mol. The molecule has 0 rings (SSSR count). The van der Waals surface area contributed by atoms with Crippen LogP contribution in [-0.4, -0.2) is 51.1 Å². The van der Waals surface area contributed by atoms with E-state index in [1.165, 1.54) is 44.9 Å². The number of aliphatic hydroxyl groups is 1. The fourth-order valence-electron chi connectivity index (χ4n) is 1.50. The van der Waals surface area contributed by atoms with Crippen LogP contribution in [0.5, 0.6) is 0 Å². The molecule has 0 unspecified atom stereocenters. The van der Waals surface area contributed by atoms with E-state index in [9.17, 15) is 0 Å². The molecule has 15 heavy (non-hydrogen) atoms. The van der Waals surface area contributed by atoms with Gasteiger partial charge in [-0.15, -0.1) is 0 Å². The van der Waals surface area contributed by atoms with Crippen LogP contribution in [0, 0.1) is 0 Å². The minimum atomic E-state index is 0. The predicted molar refractivity (Wildman–Crippen MR) is 66.3 cm³/mol. The molecular weight excluding hydrogens is 385 g/mol. The third kappa shape index (κ3) is 17.4. The predicted octanol–water partition coefficient (Wildman–Crippen LogP) is 2.76. The maximum Gasteiger partial charge on any atom is 0.0697 e. The first-order valence-electron chi connectivity index (χ1n) is 6.10. The maximum absolute atomic E-state index is 8.46. The summed E-state index contributed by atoms with van der Waals surface area (Å²) in [5.41, 5.74) is 0. The first-order chi connectivity index (χ1) is 6.91. The normalized spacial score (nSPS) is 10.0. The summed E-state index contributed by atoms with van der Waals surface area (Å²) in [5.74, 6) is 0. The van der Waals surface area contributed by atoms with E-state index in [4.69, 9.17) is 9.84 Å². The molecule has 0 saturated heterocycles. The van der Waals surface area contributed by atoms with Crippen molar-refractivity contribution in [2.75, 3.05) is 19.8 Å². The Morgan fingerprint density at radius 2 is 1.33 bits per heavy atom. The van der Waals surface area contributed by atoms with Crippen LogP contribution >= 0.6 is 0 Å². The number of aliphatic hydroxyl groups excluding tert-OH is 1. The minimum Gasteiger partial charge on any atom is -0.394 e. The summed E-state index contributed by atoms with van der Waals surface area (Å²) in [7, 11) is 0. The van der Waals surface area contributed by atoms with Crippen molar-refractivity contribution in [3.8, 4) is 0 Å². The van der Waals surface area contributed by atoms with Crippen molar-refractivity contribution in [3.63, 3.8) is 0 Å². The van der Waals surface area contributed by atoms with Gasteiger partial charge in [-0.2, -0.15) is 0 Å². The third-order valence-electron chi connectivity index (χ3n) is 2.38. The van der Waals surface area contributed by atoms with Crippen molar-refractivity contribution < 1.29 is 9.84 Å². The summed E-state index contributed by atoms with van der Waals surface area (Å²) in [6, 6.07) is 0. The van der Waals surface area contributed by atoms with E-state index in [0.29, 0.717) is 6.61 Å². The summed E-state index contributed by atoms with van der Waals surface area (Å²) < 4.78 is 5.18. The van der Waals surface area contributed by atoms with E-state index in [2.05, 4.69) is 6.92 Å². The van der Waals surface area contributed by atoms with Gasteiger partial charge in [0.25, 0.3) is 0 Å². The van der Waals surface area contributed by atoms with Crippen LogP contribution in [0.25, 0.3) is 0 Å². The molecule has 91 valence electrons. The van der Waals surface area contributed by atoms with Crippen molar-refractivity contribution in [2.45, 2.75) is 58.3 Å². The van der Waals surface area contributed by atoms with Gasteiger partial charge < -0.3 is 9.84 Å². The van der Waals surface area contributed by atoms with E-state index in [-0.39, 0.29) is 32.8 Å². The van der Waals surface area contributed by atoms with Gasteiger partial charge in [-0.1, -0.05) is 51.9 Å². The second-order valence-electron chi connectivity index (χ2n) is 3.81. The summed E-state index contributed by atoms with van der Waals surface area (Å²) in [4.78, 5) is 0. The molecule has 0 aliphatic rings. The Morgan fingerprint density at radius 1 is 0.800 bits per heavy atom. The van der Waals surface area contributed by atoms with Crippen LogP contribution in [0.2, 0.25) is 0 Å². The van der Waals surface area contributed by atoms with Crippen molar-refractivity contribution >= 4 is 26.2 Å². The summed E-state index contributed by atoms with van der Waals surface area (Å²) >= 11 is 0. The summed E-state index contributed by atoms with van der Waals surface area (Å²) in [5, 5.41) is 8.46. The SMILES string of the molecule is CCCCCCCCCCOCCO.[Bi]. The number of ether oxygens (including phenoxy) is 1. The summed E-state index contributed by atoms with van der Waals surface area (Å²) in [6.45, 7) is 3.71. The Morgan fingerprint density at radius 3 is 1.87 bits per heavy atom. The molecule has 0 fully saturated rings. The van der Waals surface area contributed by atoms with Gasteiger partial charge in [0, 0.05) is 32.8 Å². The minimum absolute atomic E-state index is 0. The largest absolute Gasteiger partial charge is 0.394 e. The topological polar surface area (TPSA) is 29.5 Å². The quantitative estimate of drug-likeness (QED) is 0.419. The smallest absolute Gasteiger partial charge is 0.0697 e. The van der Waals surface area contributed by atoms with Crippen molar-refractivity contribution in [1.82, 2.24) is 0 Å². The van der Waals surface area contributed by atoms with Crippen LogP contribution in [0.1, 0.15) is 58.3 Å². The number of unbranched alkanes of at least 4 members (excludes halogenated alkanes) is 7. The number of rotatable bonds is 11. The van der Waals surface area contributed by atoms with Gasteiger partial charge in [-0.25, -0.2) is 0 Å². The van der Waals surface area contributed by atoms with Gasteiger partial charge in [0.2, 0.25) is 0 Å². The van der Waals surface area contributed by atoms with Gasteiger partial charge >= 0.3 is 0 Å². The van der Waals surface area contributed by atoms with Gasteiger partial charge in [0.05, 0.1) is 13.2 Å². The standard InChI is InChI=1S/C12H26O2.Bi/c1-2-3-4-5-6-7-8-9-11-14-12-10-13;/h13H,2-12H2,1H3;. The van der Waals surface area contributed by atoms with Crippen molar-refractivity contribution in [2.24, 2.45) is 0 Å². The van der Waals surface area contributed by atoms with E-state index < -0.39 is 0 Å². The van der Waals surface area contributed by atoms with E-state index in [0.717, 1.165) is 13.0 Å². The second-order valence-corrected chi connectivity index (χ2v) is 3.81. The fourth-order valence-corrected chi connectivity index (χ4v) is 1.50. The molecule has 0 aromatic heterocycles. The molecule has 3 radical (unpaired) electrons. The molecule has 3 heteroatoms. The average Bonchev–Trinajstić information content (AvgIpc) is 2.21. The Labute approximate surface area is 114 Å². The zero-order valence-corrected chi connectivity index (χ0v) is 13.6.